The van der Waals surface area contributed by atoms with E-state index in [0.717, 1.165) is 11.1 Å². The number of halogens is 3. The topological polar surface area (TPSA) is 17.1 Å². The van der Waals surface area contributed by atoms with Crippen LogP contribution in [0.4, 0.5) is 0 Å². The fourth-order valence-corrected chi connectivity index (χ4v) is 2.61. The number of rotatable bonds is 5. The molecule has 0 saturated heterocycles. The van der Waals surface area contributed by atoms with Gasteiger partial charge in [0.2, 0.25) is 5.24 Å². The minimum Gasteiger partial charge on any atom is -0.281 e. The van der Waals surface area contributed by atoms with Crippen molar-refractivity contribution >= 4 is 40.0 Å². The summed E-state index contributed by atoms with van der Waals surface area (Å²) in [6.45, 7) is 0. The van der Waals surface area contributed by atoms with Gasteiger partial charge in [0.05, 0.1) is 10.0 Å². The Labute approximate surface area is 133 Å². The second-order valence-electron chi connectivity index (χ2n) is 4.53. The zero-order valence-electron chi connectivity index (χ0n) is 10.7. The van der Waals surface area contributed by atoms with E-state index in [1.807, 2.05) is 42.5 Å². The van der Waals surface area contributed by atoms with Gasteiger partial charge in [-0.1, -0.05) is 59.6 Å². The van der Waals surface area contributed by atoms with Crippen LogP contribution in [0.2, 0.25) is 10.0 Å². The summed E-state index contributed by atoms with van der Waals surface area (Å²) in [5, 5.41) is 0.712. The summed E-state index contributed by atoms with van der Waals surface area (Å²) in [5.41, 5.74) is 2.16. The van der Waals surface area contributed by atoms with Crippen LogP contribution in [-0.4, -0.2) is 5.24 Å². The van der Waals surface area contributed by atoms with Gasteiger partial charge in [0.15, 0.2) is 0 Å². The van der Waals surface area contributed by atoms with Crippen molar-refractivity contribution in [3.8, 4) is 0 Å². The molecule has 2 aromatic carbocycles. The molecular weight excluding hydrogens is 315 g/mol. The molecule has 0 aliphatic carbocycles. The lowest BCUT2D eigenvalue weighted by atomic mass is 9.88. The Bertz CT molecular complexity index is 596. The van der Waals surface area contributed by atoms with E-state index in [9.17, 15) is 4.79 Å². The largest absolute Gasteiger partial charge is 0.281 e. The average molecular weight is 328 g/mol. The second-order valence-corrected chi connectivity index (χ2v) is 5.77. The third kappa shape index (κ3) is 3.99. The maximum atomic E-state index is 11.1. The van der Waals surface area contributed by atoms with E-state index in [2.05, 4.69) is 0 Å². The molecule has 0 spiro atoms. The van der Waals surface area contributed by atoms with E-state index in [-0.39, 0.29) is 11.2 Å². The van der Waals surface area contributed by atoms with E-state index in [1.54, 1.807) is 6.07 Å². The third-order valence-corrected chi connectivity index (χ3v) is 4.11. The van der Waals surface area contributed by atoms with Crippen LogP contribution < -0.4 is 0 Å². The summed E-state index contributed by atoms with van der Waals surface area (Å²) in [4.78, 5) is 11.1. The van der Waals surface area contributed by atoms with Crippen molar-refractivity contribution in [2.45, 2.75) is 18.8 Å². The normalized spacial score (nSPS) is 12.2. The summed E-state index contributed by atoms with van der Waals surface area (Å²) in [5.74, 6) is 0.0775. The Morgan fingerprint density at radius 3 is 2.25 bits per heavy atom. The molecular formula is C16H13Cl3O. The molecule has 0 N–H and O–H groups in total. The zero-order chi connectivity index (χ0) is 14.5. The fourth-order valence-electron chi connectivity index (χ4n) is 2.20. The van der Waals surface area contributed by atoms with Crippen LogP contribution in [0.1, 0.15) is 29.9 Å². The Morgan fingerprint density at radius 1 is 0.950 bits per heavy atom. The number of benzene rings is 2. The summed E-state index contributed by atoms with van der Waals surface area (Å²) in [6, 6.07) is 15.5. The fraction of sp³-hybridized carbons (Fsp3) is 0.188. The Hall–Kier alpha value is -1.02. The predicted octanol–water partition coefficient (Wildman–Crippen LogP) is 5.67. The molecule has 2 rings (SSSR count). The van der Waals surface area contributed by atoms with E-state index < -0.39 is 0 Å². The van der Waals surface area contributed by atoms with Crippen LogP contribution in [0.15, 0.2) is 48.5 Å². The third-order valence-electron chi connectivity index (χ3n) is 3.18. The average Bonchev–Trinajstić information content (AvgIpc) is 2.44. The maximum Gasteiger partial charge on any atom is 0.221 e. The number of carbonyl (C=O) groups is 1. The predicted molar refractivity (Wildman–Crippen MR) is 84.8 cm³/mol. The van der Waals surface area contributed by atoms with Gasteiger partial charge in [0.25, 0.3) is 0 Å². The first-order valence-corrected chi connectivity index (χ1v) is 7.39. The lowest BCUT2D eigenvalue weighted by Gasteiger charge is -2.18. The van der Waals surface area contributed by atoms with Crippen LogP contribution in [0, 0.1) is 0 Å². The number of carbonyl (C=O) groups excluding carboxylic acids is 1. The molecule has 4 heteroatoms. The van der Waals surface area contributed by atoms with Crippen LogP contribution in [-0.2, 0) is 4.79 Å². The Morgan fingerprint density at radius 2 is 1.65 bits per heavy atom. The molecule has 0 bridgehead atoms. The molecule has 0 aromatic heterocycles. The SMILES string of the molecule is O=C(Cl)CC[C@H](c1ccccc1)c1ccc(Cl)c(Cl)c1. The van der Waals surface area contributed by atoms with Crippen molar-refractivity contribution in [2.75, 3.05) is 0 Å². The van der Waals surface area contributed by atoms with Gasteiger partial charge in [-0.15, -0.1) is 0 Å². The molecule has 1 atom stereocenters. The first-order chi connectivity index (χ1) is 9.58. The van der Waals surface area contributed by atoms with Gasteiger partial charge >= 0.3 is 0 Å². The van der Waals surface area contributed by atoms with E-state index in [1.165, 1.54) is 0 Å². The lowest BCUT2D eigenvalue weighted by Crippen LogP contribution is -2.03. The first-order valence-electron chi connectivity index (χ1n) is 6.26. The molecule has 1 nitrogen and oxygen atoms in total. The maximum absolute atomic E-state index is 11.1. The number of hydrogen-bond donors (Lipinski definition) is 0. The van der Waals surface area contributed by atoms with Crippen molar-refractivity contribution in [3.63, 3.8) is 0 Å². The molecule has 20 heavy (non-hydrogen) atoms. The highest BCUT2D eigenvalue weighted by Crippen LogP contribution is 2.33. The van der Waals surface area contributed by atoms with Gasteiger partial charge in [0.1, 0.15) is 0 Å². The first kappa shape index (κ1) is 15.4. The van der Waals surface area contributed by atoms with Gasteiger partial charge < -0.3 is 0 Å². The lowest BCUT2D eigenvalue weighted by molar-refractivity contribution is -0.111. The molecule has 0 aliphatic heterocycles. The van der Waals surface area contributed by atoms with Crippen LogP contribution in [0.25, 0.3) is 0 Å². The van der Waals surface area contributed by atoms with Crippen molar-refractivity contribution in [3.05, 3.63) is 69.7 Å². The van der Waals surface area contributed by atoms with E-state index >= 15 is 0 Å². The molecule has 2 aromatic rings. The Balaban J connectivity index is 2.35. The highest BCUT2D eigenvalue weighted by atomic mass is 35.5. The monoisotopic (exact) mass is 326 g/mol. The summed E-state index contributed by atoms with van der Waals surface area (Å²) < 4.78 is 0. The molecule has 0 radical (unpaired) electrons. The zero-order valence-corrected chi connectivity index (χ0v) is 12.9. The van der Waals surface area contributed by atoms with Gasteiger partial charge in [-0.2, -0.15) is 0 Å². The summed E-state index contributed by atoms with van der Waals surface area (Å²) in [7, 11) is 0. The van der Waals surface area contributed by atoms with Crippen molar-refractivity contribution in [1.29, 1.82) is 0 Å². The number of hydrogen-bond acceptors (Lipinski definition) is 1. The molecule has 0 heterocycles. The van der Waals surface area contributed by atoms with Crippen molar-refractivity contribution in [1.82, 2.24) is 0 Å². The second kappa shape index (κ2) is 7.12. The molecule has 0 unspecified atom stereocenters. The Kier molecular flexibility index (Phi) is 5.47. The van der Waals surface area contributed by atoms with Gasteiger partial charge in [0, 0.05) is 12.3 Å². The molecule has 0 fully saturated rings. The van der Waals surface area contributed by atoms with Gasteiger partial charge in [-0.25, -0.2) is 0 Å². The molecule has 0 amide bonds. The van der Waals surface area contributed by atoms with Crippen molar-refractivity contribution in [2.24, 2.45) is 0 Å². The molecule has 0 saturated carbocycles. The molecule has 104 valence electrons. The molecule has 0 aliphatic rings. The summed E-state index contributed by atoms with van der Waals surface area (Å²) in [6.07, 6.45) is 0.964. The van der Waals surface area contributed by atoms with Crippen LogP contribution >= 0.6 is 34.8 Å². The van der Waals surface area contributed by atoms with Crippen LogP contribution in [0.3, 0.4) is 0 Å². The summed E-state index contributed by atoms with van der Waals surface area (Å²) >= 11 is 17.5. The van der Waals surface area contributed by atoms with Gasteiger partial charge in [-0.05, 0) is 41.3 Å². The minimum absolute atomic E-state index is 0.0775. The standard InChI is InChI=1S/C16H13Cl3O/c17-14-8-6-12(10-15(14)18)13(7-9-16(19)20)11-4-2-1-3-5-11/h1-6,8,10,13H,7,9H2/t13-/m1/s1. The van der Waals surface area contributed by atoms with Crippen molar-refractivity contribution < 1.29 is 4.79 Å². The highest BCUT2D eigenvalue weighted by Gasteiger charge is 2.16. The quantitative estimate of drug-likeness (QED) is 0.646. The smallest absolute Gasteiger partial charge is 0.221 e. The minimum atomic E-state index is -0.328. The highest BCUT2D eigenvalue weighted by molar-refractivity contribution is 6.63. The van der Waals surface area contributed by atoms with E-state index in [4.69, 9.17) is 34.8 Å². The van der Waals surface area contributed by atoms with Crippen LogP contribution in [0.5, 0.6) is 0 Å². The van der Waals surface area contributed by atoms with Gasteiger partial charge in [-0.3, -0.25) is 4.79 Å². The van der Waals surface area contributed by atoms with E-state index in [0.29, 0.717) is 22.9 Å².